The summed E-state index contributed by atoms with van der Waals surface area (Å²) < 4.78 is 0. The highest BCUT2D eigenvalue weighted by atomic mass is 16.1. The molecule has 72 valence electrons. The number of Topliss-reactive ketones (excluding diaryl/α,β-unsaturated/α-hetero) is 1. The summed E-state index contributed by atoms with van der Waals surface area (Å²) in [4.78, 5) is 11.8. The summed E-state index contributed by atoms with van der Waals surface area (Å²) in [7, 11) is 0. The van der Waals surface area contributed by atoms with Crippen molar-refractivity contribution in [2.24, 2.45) is 0 Å². The second-order valence-electron chi connectivity index (χ2n) is 4.40. The number of carbonyl (C=O) groups excluding carboxylic acids is 1. The van der Waals surface area contributed by atoms with Crippen LogP contribution in [0.4, 0.5) is 0 Å². The lowest BCUT2D eigenvalue weighted by molar-refractivity contribution is -0.121. The molecule has 2 aliphatic carbocycles. The molecule has 1 nitrogen and oxygen atoms in total. The molecule has 1 heteroatoms. The molecule has 3 rings (SSSR count). The standard InChI is InChI=1S/C13H14O/c14-12-8-7-10-4-1-3-9-5-2-6-11(12)13(9)10/h1,3-4,11H,2,5-8H2. The molecule has 2 aliphatic rings. The van der Waals surface area contributed by atoms with Crippen LogP contribution < -0.4 is 0 Å². The lowest BCUT2D eigenvalue weighted by Crippen LogP contribution is -2.25. The van der Waals surface area contributed by atoms with Crippen LogP contribution in [0.25, 0.3) is 0 Å². The second-order valence-corrected chi connectivity index (χ2v) is 4.40. The summed E-state index contributed by atoms with van der Waals surface area (Å²) in [6, 6.07) is 6.54. The van der Waals surface area contributed by atoms with Crippen LogP contribution in [0.15, 0.2) is 18.2 Å². The Morgan fingerprint density at radius 2 is 1.86 bits per heavy atom. The molecule has 1 atom stereocenters. The van der Waals surface area contributed by atoms with Crippen molar-refractivity contribution in [2.45, 2.75) is 38.0 Å². The van der Waals surface area contributed by atoms with Gasteiger partial charge in [0.1, 0.15) is 5.78 Å². The Bertz CT molecular complexity index is 378. The first-order valence-electron chi connectivity index (χ1n) is 5.49. The molecule has 0 saturated carbocycles. The SMILES string of the molecule is O=C1CCc2cccc3c2C1CCC3. The Morgan fingerprint density at radius 1 is 1.07 bits per heavy atom. The van der Waals surface area contributed by atoms with Gasteiger partial charge in [0.05, 0.1) is 0 Å². The minimum absolute atomic E-state index is 0.253. The van der Waals surface area contributed by atoms with Gasteiger partial charge in [-0.25, -0.2) is 0 Å². The van der Waals surface area contributed by atoms with E-state index in [4.69, 9.17) is 0 Å². The lowest BCUT2D eigenvalue weighted by Gasteiger charge is -2.30. The summed E-state index contributed by atoms with van der Waals surface area (Å²) in [5.41, 5.74) is 4.27. The van der Waals surface area contributed by atoms with Crippen LogP contribution in [0.1, 0.15) is 41.9 Å². The van der Waals surface area contributed by atoms with Crippen LogP contribution >= 0.6 is 0 Å². The Balaban J connectivity index is 2.21. The highest BCUT2D eigenvalue weighted by molar-refractivity contribution is 5.88. The fourth-order valence-electron chi connectivity index (χ4n) is 2.94. The van der Waals surface area contributed by atoms with Crippen molar-refractivity contribution in [3.8, 4) is 0 Å². The van der Waals surface area contributed by atoms with Crippen LogP contribution in [0, 0.1) is 0 Å². The maximum atomic E-state index is 11.8. The molecule has 0 saturated heterocycles. The Labute approximate surface area is 84.1 Å². The van der Waals surface area contributed by atoms with Gasteiger partial charge in [-0.3, -0.25) is 4.79 Å². The number of ketones is 1. The van der Waals surface area contributed by atoms with Crippen molar-refractivity contribution in [3.05, 3.63) is 34.9 Å². The van der Waals surface area contributed by atoms with Gasteiger partial charge < -0.3 is 0 Å². The van der Waals surface area contributed by atoms with E-state index in [1.807, 2.05) is 0 Å². The third-order valence-corrected chi connectivity index (χ3v) is 3.60. The van der Waals surface area contributed by atoms with Crippen LogP contribution in [0.2, 0.25) is 0 Å². The molecule has 0 N–H and O–H groups in total. The number of rotatable bonds is 0. The lowest BCUT2D eigenvalue weighted by atomic mass is 9.73. The van der Waals surface area contributed by atoms with E-state index in [2.05, 4.69) is 18.2 Å². The first kappa shape index (κ1) is 8.22. The van der Waals surface area contributed by atoms with Gasteiger partial charge >= 0.3 is 0 Å². The Morgan fingerprint density at radius 3 is 2.71 bits per heavy atom. The van der Waals surface area contributed by atoms with E-state index in [0.29, 0.717) is 5.78 Å². The van der Waals surface area contributed by atoms with Gasteiger partial charge in [-0.05, 0) is 42.4 Å². The molecular weight excluding hydrogens is 172 g/mol. The fourth-order valence-corrected chi connectivity index (χ4v) is 2.94. The van der Waals surface area contributed by atoms with E-state index in [1.165, 1.54) is 29.5 Å². The third kappa shape index (κ3) is 1.05. The zero-order valence-electron chi connectivity index (χ0n) is 8.25. The van der Waals surface area contributed by atoms with Crippen LogP contribution in [0.3, 0.4) is 0 Å². The van der Waals surface area contributed by atoms with Crippen molar-refractivity contribution in [3.63, 3.8) is 0 Å². The number of carbonyl (C=O) groups is 1. The second kappa shape index (κ2) is 2.94. The zero-order valence-corrected chi connectivity index (χ0v) is 8.25. The van der Waals surface area contributed by atoms with E-state index in [1.54, 1.807) is 0 Å². The average molecular weight is 186 g/mol. The van der Waals surface area contributed by atoms with E-state index in [0.717, 1.165) is 19.3 Å². The molecule has 0 radical (unpaired) electrons. The molecule has 0 spiro atoms. The topological polar surface area (TPSA) is 17.1 Å². The predicted octanol–water partition coefficient (Wildman–Crippen LogP) is 2.62. The van der Waals surface area contributed by atoms with Gasteiger partial charge in [-0.15, -0.1) is 0 Å². The smallest absolute Gasteiger partial charge is 0.140 e. The van der Waals surface area contributed by atoms with Gasteiger partial charge in [-0.2, -0.15) is 0 Å². The summed E-state index contributed by atoms with van der Waals surface area (Å²) in [6.45, 7) is 0. The van der Waals surface area contributed by atoms with Crippen molar-refractivity contribution >= 4 is 5.78 Å². The highest BCUT2D eigenvalue weighted by Gasteiger charge is 2.31. The van der Waals surface area contributed by atoms with Crippen molar-refractivity contribution in [1.29, 1.82) is 0 Å². The molecule has 0 aromatic heterocycles. The van der Waals surface area contributed by atoms with Gasteiger partial charge in [0, 0.05) is 12.3 Å². The molecule has 1 aromatic carbocycles. The third-order valence-electron chi connectivity index (χ3n) is 3.60. The van der Waals surface area contributed by atoms with Crippen molar-refractivity contribution < 1.29 is 4.79 Å². The highest BCUT2D eigenvalue weighted by Crippen LogP contribution is 2.38. The molecule has 14 heavy (non-hydrogen) atoms. The van der Waals surface area contributed by atoms with Crippen LogP contribution in [0.5, 0.6) is 0 Å². The molecule has 1 aromatic rings. The fraction of sp³-hybridized carbons (Fsp3) is 0.462. The van der Waals surface area contributed by atoms with E-state index >= 15 is 0 Å². The normalized spacial score (nSPS) is 24.6. The van der Waals surface area contributed by atoms with Crippen LogP contribution in [-0.2, 0) is 17.6 Å². The molecule has 0 fully saturated rings. The minimum atomic E-state index is 0.253. The Kier molecular flexibility index (Phi) is 1.73. The van der Waals surface area contributed by atoms with Crippen LogP contribution in [-0.4, -0.2) is 5.78 Å². The van der Waals surface area contributed by atoms with Crippen molar-refractivity contribution in [1.82, 2.24) is 0 Å². The summed E-state index contributed by atoms with van der Waals surface area (Å²) in [6.07, 6.45) is 5.18. The van der Waals surface area contributed by atoms with Gasteiger partial charge in [-0.1, -0.05) is 18.2 Å². The maximum absolute atomic E-state index is 11.8. The van der Waals surface area contributed by atoms with E-state index < -0.39 is 0 Å². The molecular formula is C13H14O. The van der Waals surface area contributed by atoms with Crippen molar-refractivity contribution in [2.75, 3.05) is 0 Å². The Hall–Kier alpha value is -1.11. The number of hydrogen-bond acceptors (Lipinski definition) is 1. The first-order valence-corrected chi connectivity index (χ1v) is 5.49. The largest absolute Gasteiger partial charge is 0.299 e. The maximum Gasteiger partial charge on any atom is 0.140 e. The predicted molar refractivity (Wildman–Crippen MR) is 55.4 cm³/mol. The average Bonchev–Trinajstić information content (AvgIpc) is 2.24. The monoisotopic (exact) mass is 186 g/mol. The number of aryl methyl sites for hydroxylation is 2. The molecule has 0 amide bonds. The van der Waals surface area contributed by atoms with E-state index in [-0.39, 0.29) is 5.92 Å². The zero-order chi connectivity index (χ0) is 9.54. The van der Waals surface area contributed by atoms with Gasteiger partial charge in [0.15, 0.2) is 0 Å². The first-order chi connectivity index (χ1) is 6.86. The molecule has 1 unspecified atom stereocenters. The summed E-state index contributed by atoms with van der Waals surface area (Å²) in [5, 5.41) is 0. The molecule has 0 aliphatic heterocycles. The number of benzene rings is 1. The molecule has 0 heterocycles. The quantitative estimate of drug-likeness (QED) is 0.608. The van der Waals surface area contributed by atoms with Gasteiger partial charge in [0.25, 0.3) is 0 Å². The summed E-state index contributed by atoms with van der Waals surface area (Å²) in [5.74, 6) is 0.730. The van der Waals surface area contributed by atoms with Gasteiger partial charge in [0.2, 0.25) is 0 Å². The molecule has 0 bridgehead atoms. The van der Waals surface area contributed by atoms with E-state index in [9.17, 15) is 4.79 Å². The minimum Gasteiger partial charge on any atom is -0.299 e. The number of hydrogen-bond donors (Lipinski definition) is 0. The summed E-state index contributed by atoms with van der Waals surface area (Å²) >= 11 is 0.